The summed E-state index contributed by atoms with van der Waals surface area (Å²) < 4.78 is 0. The van der Waals surface area contributed by atoms with Gasteiger partial charge in [0.05, 0.1) is 0 Å². The zero-order chi connectivity index (χ0) is 21.0. The standard InChI is InChI=1S/C23H36N4O2/c1-18(2)16-25-13-9-23(10-14-25)21(28)26(22(29)27(23)17-19(3)4)12-6-8-20-7-5-11-24-15-20/h5,7,11,15,18-19H,6,8-10,12-14,16-17H2,1-4H3. The van der Waals surface area contributed by atoms with Gasteiger partial charge in [-0.15, -0.1) is 0 Å². The van der Waals surface area contributed by atoms with E-state index in [9.17, 15) is 9.59 Å². The maximum absolute atomic E-state index is 13.5. The predicted octanol–water partition coefficient (Wildman–Crippen LogP) is 3.43. The Kier molecular flexibility index (Phi) is 6.93. The lowest BCUT2D eigenvalue weighted by atomic mass is 9.85. The van der Waals surface area contributed by atoms with Gasteiger partial charge in [-0.25, -0.2) is 4.79 Å². The minimum atomic E-state index is -0.636. The van der Waals surface area contributed by atoms with Crippen molar-refractivity contribution in [3.8, 4) is 0 Å². The van der Waals surface area contributed by atoms with Gasteiger partial charge in [0, 0.05) is 45.1 Å². The molecule has 0 radical (unpaired) electrons. The molecular weight excluding hydrogens is 364 g/mol. The second kappa shape index (κ2) is 9.24. The molecule has 2 aliphatic rings. The highest BCUT2D eigenvalue weighted by molar-refractivity contribution is 6.07. The molecule has 0 aliphatic carbocycles. The Morgan fingerprint density at radius 1 is 1.07 bits per heavy atom. The van der Waals surface area contributed by atoms with Crippen LogP contribution in [-0.2, 0) is 11.2 Å². The number of piperidine rings is 1. The van der Waals surface area contributed by atoms with E-state index in [2.05, 4.69) is 37.6 Å². The van der Waals surface area contributed by atoms with Crippen LogP contribution in [-0.4, -0.2) is 69.9 Å². The van der Waals surface area contributed by atoms with Crippen molar-refractivity contribution in [1.29, 1.82) is 0 Å². The van der Waals surface area contributed by atoms with Gasteiger partial charge in [0.1, 0.15) is 5.54 Å². The van der Waals surface area contributed by atoms with Gasteiger partial charge in [-0.2, -0.15) is 0 Å². The lowest BCUT2D eigenvalue weighted by Gasteiger charge is -2.43. The molecule has 3 amide bonds. The van der Waals surface area contributed by atoms with Crippen molar-refractivity contribution in [3.05, 3.63) is 30.1 Å². The molecule has 0 saturated carbocycles. The summed E-state index contributed by atoms with van der Waals surface area (Å²) in [5, 5.41) is 0. The largest absolute Gasteiger partial charge is 0.327 e. The maximum atomic E-state index is 13.5. The van der Waals surface area contributed by atoms with E-state index < -0.39 is 5.54 Å². The summed E-state index contributed by atoms with van der Waals surface area (Å²) in [7, 11) is 0. The van der Waals surface area contributed by atoms with Crippen LogP contribution in [0.15, 0.2) is 24.5 Å². The van der Waals surface area contributed by atoms with Crippen LogP contribution < -0.4 is 0 Å². The lowest BCUT2D eigenvalue weighted by Crippen LogP contribution is -2.57. The van der Waals surface area contributed by atoms with Crippen LogP contribution in [0.5, 0.6) is 0 Å². The van der Waals surface area contributed by atoms with Crippen molar-refractivity contribution in [3.63, 3.8) is 0 Å². The minimum Gasteiger partial charge on any atom is -0.309 e. The third-order valence-electron chi connectivity index (χ3n) is 6.05. The number of hydrogen-bond donors (Lipinski definition) is 0. The quantitative estimate of drug-likeness (QED) is 0.628. The van der Waals surface area contributed by atoms with E-state index in [1.165, 1.54) is 4.90 Å². The van der Waals surface area contributed by atoms with E-state index in [-0.39, 0.29) is 11.9 Å². The van der Waals surface area contributed by atoms with Gasteiger partial charge in [0.25, 0.3) is 5.91 Å². The van der Waals surface area contributed by atoms with E-state index in [1.807, 2.05) is 23.2 Å². The van der Waals surface area contributed by atoms with Crippen LogP contribution in [0.4, 0.5) is 4.79 Å². The highest BCUT2D eigenvalue weighted by Gasteiger charge is 2.57. The highest BCUT2D eigenvalue weighted by atomic mass is 16.2. The number of pyridine rings is 1. The molecule has 0 atom stereocenters. The molecule has 1 spiro atoms. The number of imide groups is 1. The fourth-order valence-corrected chi connectivity index (χ4v) is 4.69. The SMILES string of the molecule is CC(C)CN1CCC2(CC1)C(=O)N(CCCc1cccnc1)C(=O)N2CC(C)C. The Morgan fingerprint density at radius 3 is 2.34 bits per heavy atom. The fourth-order valence-electron chi connectivity index (χ4n) is 4.69. The second-order valence-electron chi connectivity index (χ2n) is 9.43. The number of carbonyl (C=O) groups excluding carboxylic acids is 2. The minimum absolute atomic E-state index is 0.0264. The first-order valence-corrected chi connectivity index (χ1v) is 11.1. The topological polar surface area (TPSA) is 56.8 Å². The molecule has 2 aliphatic heterocycles. The zero-order valence-electron chi connectivity index (χ0n) is 18.4. The molecule has 0 bridgehead atoms. The molecule has 160 valence electrons. The first-order chi connectivity index (χ1) is 13.8. The van der Waals surface area contributed by atoms with Crippen molar-refractivity contribution in [1.82, 2.24) is 19.7 Å². The maximum Gasteiger partial charge on any atom is 0.327 e. The predicted molar refractivity (Wildman–Crippen MR) is 114 cm³/mol. The van der Waals surface area contributed by atoms with Gasteiger partial charge in [0.15, 0.2) is 0 Å². The molecule has 3 heterocycles. The number of carbonyl (C=O) groups is 2. The average molecular weight is 401 g/mol. The van der Waals surface area contributed by atoms with Gasteiger partial charge in [0.2, 0.25) is 0 Å². The Bertz CT molecular complexity index is 696. The molecule has 2 saturated heterocycles. The van der Waals surface area contributed by atoms with Gasteiger partial charge in [-0.3, -0.25) is 14.7 Å². The normalized spacial score (nSPS) is 19.9. The summed E-state index contributed by atoms with van der Waals surface area (Å²) >= 11 is 0. The summed E-state index contributed by atoms with van der Waals surface area (Å²) in [6.07, 6.45) is 6.70. The molecule has 3 rings (SSSR count). The summed E-state index contributed by atoms with van der Waals surface area (Å²) in [6.45, 7) is 12.6. The number of rotatable bonds is 8. The van der Waals surface area contributed by atoms with E-state index in [1.54, 1.807) is 6.20 Å². The van der Waals surface area contributed by atoms with Crippen LogP contribution in [0.25, 0.3) is 0 Å². The van der Waals surface area contributed by atoms with Gasteiger partial charge >= 0.3 is 6.03 Å². The van der Waals surface area contributed by atoms with Crippen molar-refractivity contribution < 1.29 is 9.59 Å². The molecule has 1 aromatic heterocycles. The third kappa shape index (κ3) is 4.80. The van der Waals surface area contributed by atoms with Crippen LogP contribution in [0, 0.1) is 11.8 Å². The smallest absolute Gasteiger partial charge is 0.309 e. The summed E-state index contributed by atoms with van der Waals surface area (Å²) in [5.74, 6) is 0.979. The molecule has 2 fully saturated rings. The van der Waals surface area contributed by atoms with E-state index in [0.29, 0.717) is 24.9 Å². The Balaban J connectivity index is 1.70. The van der Waals surface area contributed by atoms with Gasteiger partial charge < -0.3 is 9.80 Å². The molecule has 6 heteroatoms. The average Bonchev–Trinajstić information content (AvgIpc) is 2.86. The van der Waals surface area contributed by atoms with Crippen molar-refractivity contribution in [2.45, 2.75) is 58.9 Å². The molecule has 0 N–H and O–H groups in total. The summed E-state index contributed by atoms with van der Waals surface area (Å²) in [6, 6.07) is 3.87. The summed E-state index contributed by atoms with van der Waals surface area (Å²) in [4.78, 5) is 36.7. The van der Waals surface area contributed by atoms with Crippen molar-refractivity contribution >= 4 is 11.9 Å². The Hall–Kier alpha value is -1.95. The second-order valence-corrected chi connectivity index (χ2v) is 9.43. The Morgan fingerprint density at radius 2 is 1.76 bits per heavy atom. The zero-order valence-corrected chi connectivity index (χ0v) is 18.4. The number of urea groups is 1. The number of nitrogens with zero attached hydrogens (tertiary/aromatic N) is 4. The number of amides is 3. The van der Waals surface area contributed by atoms with Crippen molar-refractivity contribution in [2.75, 3.05) is 32.7 Å². The third-order valence-corrected chi connectivity index (χ3v) is 6.05. The first-order valence-electron chi connectivity index (χ1n) is 11.1. The molecule has 6 nitrogen and oxygen atoms in total. The van der Waals surface area contributed by atoms with E-state index >= 15 is 0 Å². The number of aryl methyl sites for hydroxylation is 1. The van der Waals surface area contributed by atoms with Crippen LogP contribution >= 0.6 is 0 Å². The van der Waals surface area contributed by atoms with Gasteiger partial charge in [-0.05, 0) is 49.1 Å². The lowest BCUT2D eigenvalue weighted by molar-refractivity contribution is -0.135. The van der Waals surface area contributed by atoms with Gasteiger partial charge in [-0.1, -0.05) is 33.8 Å². The first kappa shape index (κ1) is 21.8. The number of aromatic nitrogens is 1. The molecule has 1 aromatic rings. The Labute approximate surface area is 175 Å². The highest BCUT2D eigenvalue weighted by Crippen LogP contribution is 2.38. The molecule has 0 aromatic carbocycles. The van der Waals surface area contributed by atoms with E-state index in [0.717, 1.165) is 50.9 Å². The molecule has 29 heavy (non-hydrogen) atoms. The monoisotopic (exact) mass is 400 g/mol. The van der Waals surface area contributed by atoms with E-state index in [4.69, 9.17) is 0 Å². The van der Waals surface area contributed by atoms with Crippen LogP contribution in [0.1, 0.15) is 52.5 Å². The number of hydrogen-bond acceptors (Lipinski definition) is 4. The molecule has 0 unspecified atom stereocenters. The number of likely N-dealkylation sites (tertiary alicyclic amines) is 1. The van der Waals surface area contributed by atoms with Crippen LogP contribution in [0.2, 0.25) is 0 Å². The molecular formula is C23H36N4O2. The summed E-state index contributed by atoms with van der Waals surface area (Å²) in [5.41, 5.74) is 0.505. The van der Waals surface area contributed by atoms with Crippen molar-refractivity contribution in [2.24, 2.45) is 11.8 Å². The fraction of sp³-hybridized carbons (Fsp3) is 0.696. The van der Waals surface area contributed by atoms with Crippen LogP contribution in [0.3, 0.4) is 0 Å².